The van der Waals surface area contributed by atoms with Gasteiger partial charge in [0, 0.05) is 12.1 Å². The number of nitrogens with one attached hydrogen (secondary N) is 1. The van der Waals surface area contributed by atoms with Gasteiger partial charge in [-0.3, -0.25) is 19.2 Å². The molecule has 8 nitrogen and oxygen atoms in total. The normalized spacial score (nSPS) is 13.4. The number of non-ortho nitro benzene ring substituents is 1. The summed E-state index contributed by atoms with van der Waals surface area (Å²) in [4.78, 5) is 23.3. The topological polar surface area (TPSA) is 110 Å². The Labute approximate surface area is 164 Å². The number of carbonyl (C=O) groups is 1. The fraction of sp³-hybridized carbons (Fsp3) is 0.316. The van der Waals surface area contributed by atoms with Crippen LogP contribution in [0.3, 0.4) is 0 Å². The molecule has 0 aliphatic carbocycles. The predicted molar refractivity (Wildman–Crippen MR) is 108 cm³/mol. The van der Waals surface area contributed by atoms with Crippen molar-refractivity contribution >= 4 is 27.3 Å². The SMILES string of the molecule is Cc1ccc([N+](=O)[O-])cc1N([C@@H](C)C(=O)N[C@@H](C)c1ccccc1)S(C)(=O)=O. The lowest BCUT2D eigenvalue weighted by molar-refractivity contribution is -0.384. The van der Waals surface area contributed by atoms with Gasteiger partial charge in [0.15, 0.2) is 0 Å². The molecular weight excluding hydrogens is 382 g/mol. The van der Waals surface area contributed by atoms with Crippen molar-refractivity contribution in [3.05, 3.63) is 69.8 Å². The van der Waals surface area contributed by atoms with Crippen LogP contribution in [0.5, 0.6) is 0 Å². The Morgan fingerprint density at radius 2 is 1.75 bits per heavy atom. The quantitative estimate of drug-likeness (QED) is 0.563. The van der Waals surface area contributed by atoms with Crippen LogP contribution in [0.1, 0.15) is 31.0 Å². The number of rotatable bonds is 7. The van der Waals surface area contributed by atoms with Crippen LogP contribution in [0.2, 0.25) is 0 Å². The van der Waals surface area contributed by atoms with Gasteiger partial charge in [0.1, 0.15) is 6.04 Å². The van der Waals surface area contributed by atoms with E-state index in [4.69, 9.17) is 0 Å². The molecule has 28 heavy (non-hydrogen) atoms. The summed E-state index contributed by atoms with van der Waals surface area (Å²) in [5, 5.41) is 13.9. The van der Waals surface area contributed by atoms with Crippen molar-refractivity contribution in [3.63, 3.8) is 0 Å². The van der Waals surface area contributed by atoms with E-state index in [0.29, 0.717) is 5.56 Å². The van der Waals surface area contributed by atoms with Gasteiger partial charge < -0.3 is 5.32 Å². The number of anilines is 1. The minimum Gasteiger partial charge on any atom is -0.348 e. The summed E-state index contributed by atoms with van der Waals surface area (Å²) in [5.74, 6) is -0.507. The van der Waals surface area contributed by atoms with Crippen LogP contribution in [0.15, 0.2) is 48.5 Å². The van der Waals surface area contributed by atoms with E-state index in [1.807, 2.05) is 30.3 Å². The molecule has 1 amide bonds. The maximum Gasteiger partial charge on any atom is 0.271 e. The highest BCUT2D eigenvalue weighted by molar-refractivity contribution is 7.92. The number of nitro groups is 1. The first-order valence-electron chi connectivity index (χ1n) is 8.62. The first-order chi connectivity index (χ1) is 13.0. The lowest BCUT2D eigenvalue weighted by atomic mass is 10.1. The predicted octanol–water partition coefficient (Wildman–Crippen LogP) is 2.94. The van der Waals surface area contributed by atoms with Gasteiger partial charge in [-0.1, -0.05) is 36.4 Å². The number of aryl methyl sites for hydroxylation is 1. The standard InChI is InChI=1S/C19H23N3O5S/c1-13-10-11-17(22(24)25)12-18(13)21(28(4,26)27)15(3)19(23)20-14(2)16-8-6-5-7-9-16/h5-12,14-15H,1-4H3,(H,20,23)/t14-,15-/m0/s1. The second-order valence-electron chi connectivity index (χ2n) is 6.60. The number of carbonyl (C=O) groups excluding carboxylic acids is 1. The minimum atomic E-state index is -3.88. The van der Waals surface area contributed by atoms with Crippen LogP contribution < -0.4 is 9.62 Å². The molecule has 0 fully saturated rings. The Balaban J connectivity index is 2.37. The van der Waals surface area contributed by atoms with Gasteiger partial charge in [-0.2, -0.15) is 0 Å². The number of benzene rings is 2. The smallest absolute Gasteiger partial charge is 0.271 e. The zero-order valence-corrected chi connectivity index (χ0v) is 16.9. The molecule has 150 valence electrons. The minimum absolute atomic E-state index is 0.103. The van der Waals surface area contributed by atoms with E-state index in [2.05, 4.69) is 5.32 Å². The molecule has 0 unspecified atom stereocenters. The monoisotopic (exact) mass is 405 g/mol. The van der Waals surface area contributed by atoms with E-state index >= 15 is 0 Å². The maximum absolute atomic E-state index is 12.8. The Kier molecular flexibility index (Phi) is 6.40. The van der Waals surface area contributed by atoms with Gasteiger partial charge in [-0.05, 0) is 31.9 Å². The summed E-state index contributed by atoms with van der Waals surface area (Å²) >= 11 is 0. The van der Waals surface area contributed by atoms with E-state index in [-0.39, 0.29) is 17.4 Å². The molecule has 0 saturated carbocycles. The van der Waals surface area contributed by atoms with Crippen molar-refractivity contribution < 1.29 is 18.1 Å². The van der Waals surface area contributed by atoms with E-state index < -0.39 is 26.9 Å². The highest BCUT2D eigenvalue weighted by Crippen LogP contribution is 2.29. The third kappa shape index (κ3) is 4.86. The van der Waals surface area contributed by atoms with Crippen LogP contribution in [-0.2, 0) is 14.8 Å². The largest absolute Gasteiger partial charge is 0.348 e. The second kappa shape index (κ2) is 8.39. The molecule has 0 heterocycles. The van der Waals surface area contributed by atoms with Crippen molar-refractivity contribution in [2.24, 2.45) is 0 Å². The highest BCUT2D eigenvalue weighted by atomic mass is 32.2. The van der Waals surface area contributed by atoms with Crippen LogP contribution >= 0.6 is 0 Å². The van der Waals surface area contributed by atoms with Crippen LogP contribution in [0.25, 0.3) is 0 Å². The third-order valence-corrected chi connectivity index (χ3v) is 5.62. The Morgan fingerprint density at radius 1 is 1.14 bits per heavy atom. The summed E-state index contributed by atoms with van der Waals surface area (Å²) in [6.45, 7) is 4.88. The summed E-state index contributed by atoms with van der Waals surface area (Å²) < 4.78 is 25.8. The zero-order chi connectivity index (χ0) is 21.1. The molecule has 0 bridgehead atoms. The van der Waals surface area contributed by atoms with Crippen molar-refractivity contribution in [2.45, 2.75) is 32.9 Å². The lowest BCUT2D eigenvalue weighted by Gasteiger charge is -2.30. The van der Waals surface area contributed by atoms with Crippen molar-refractivity contribution in [1.82, 2.24) is 5.32 Å². The number of hydrogen-bond acceptors (Lipinski definition) is 5. The highest BCUT2D eigenvalue weighted by Gasteiger charge is 2.31. The number of nitrogens with zero attached hydrogens (tertiary/aromatic N) is 2. The van der Waals surface area contributed by atoms with Gasteiger partial charge in [0.25, 0.3) is 5.69 Å². The number of sulfonamides is 1. The summed E-state index contributed by atoms with van der Waals surface area (Å²) in [6.07, 6.45) is 0.968. The van der Waals surface area contributed by atoms with Gasteiger partial charge in [0.05, 0.1) is 22.9 Å². The van der Waals surface area contributed by atoms with Gasteiger partial charge in [0.2, 0.25) is 15.9 Å². The van der Waals surface area contributed by atoms with Gasteiger partial charge >= 0.3 is 0 Å². The molecular formula is C19H23N3O5S. The average molecular weight is 405 g/mol. The summed E-state index contributed by atoms with van der Waals surface area (Å²) in [5.41, 5.74) is 1.23. The van der Waals surface area contributed by atoms with Crippen molar-refractivity contribution in [1.29, 1.82) is 0 Å². The number of nitro benzene ring substituents is 1. The maximum atomic E-state index is 12.8. The molecule has 2 aromatic rings. The molecule has 0 spiro atoms. The molecule has 1 N–H and O–H groups in total. The summed E-state index contributed by atoms with van der Waals surface area (Å²) in [6, 6.07) is 11.8. The number of amides is 1. The number of hydrogen-bond donors (Lipinski definition) is 1. The van der Waals surface area contributed by atoms with Crippen LogP contribution in [0.4, 0.5) is 11.4 Å². The molecule has 0 saturated heterocycles. The van der Waals surface area contributed by atoms with Gasteiger partial charge in [-0.15, -0.1) is 0 Å². The van der Waals surface area contributed by atoms with Gasteiger partial charge in [-0.25, -0.2) is 8.42 Å². The molecule has 0 aromatic heterocycles. The van der Waals surface area contributed by atoms with E-state index in [0.717, 1.165) is 16.1 Å². The first kappa shape index (κ1) is 21.4. The Hall–Kier alpha value is -2.94. The van der Waals surface area contributed by atoms with Crippen LogP contribution in [0, 0.1) is 17.0 Å². The second-order valence-corrected chi connectivity index (χ2v) is 8.46. The fourth-order valence-corrected chi connectivity index (χ4v) is 4.11. The fourth-order valence-electron chi connectivity index (χ4n) is 2.89. The molecule has 0 aliphatic heterocycles. The van der Waals surface area contributed by atoms with Crippen LogP contribution in [-0.4, -0.2) is 31.5 Å². The van der Waals surface area contributed by atoms with Crippen molar-refractivity contribution in [3.8, 4) is 0 Å². The van der Waals surface area contributed by atoms with E-state index in [1.54, 1.807) is 13.8 Å². The van der Waals surface area contributed by atoms with Crippen molar-refractivity contribution in [2.75, 3.05) is 10.6 Å². The molecule has 9 heteroatoms. The van der Waals surface area contributed by atoms with E-state index in [9.17, 15) is 23.3 Å². The Bertz CT molecular complexity index is 976. The molecule has 2 rings (SSSR count). The average Bonchev–Trinajstić information content (AvgIpc) is 2.62. The Morgan fingerprint density at radius 3 is 2.29 bits per heavy atom. The first-order valence-corrected chi connectivity index (χ1v) is 10.5. The lowest BCUT2D eigenvalue weighted by Crippen LogP contribution is -2.48. The third-order valence-electron chi connectivity index (χ3n) is 4.39. The molecule has 0 radical (unpaired) electrons. The molecule has 0 aliphatic rings. The molecule has 2 atom stereocenters. The summed E-state index contributed by atoms with van der Waals surface area (Å²) in [7, 11) is -3.88. The van der Waals surface area contributed by atoms with E-state index in [1.165, 1.54) is 25.1 Å². The zero-order valence-electron chi connectivity index (χ0n) is 16.1. The molecule has 2 aromatic carbocycles.